The average Bonchev–Trinajstić information content (AvgIpc) is 2.86. The standard InChI is InChI=1S/C22H22N4O7/c27-20(13-23-21(28)15-4-3-5-16(12-15)26(30)31)24-8-10-25(11-9-24)22(29)19-14-32-17-6-1-2-7-18(17)33-19/h1-7,12,19H,8-11,13-14H2,(H,23,28). The molecular weight excluding hydrogens is 432 g/mol. The van der Waals surface area contributed by atoms with Crippen LogP contribution in [0.2, 0.25) is 0 Å². The number of amides is 3. The first kappa shape index (κ1) is 22.1. The van der Waals surface area contributed by atoms with E-state index in [4.69, 9.17) is 9.47 Å². The van der Waals surface area contributed by atoms with Crippen LogP contribution in [0.15, 0.2) is 48.5 Å². The van der Waals surface area contributed by atoms with Gasteiger partial charge in [-0.05, 0) is 18.2 Å². The van der Waals surface area contributed by atoms with E-state index in [1.54, 1.807) is 28.0 Å². The van der Waals surface area contributed by atoms with Gasteiger partial charge in [0, 0.05) is 43.9 Å². The van der Waals surface area contributed by atoms with Crippen molar-refractivity contribution in [2.45, 2.75) is 6.10 Å². The zero-order chi connectivity index (χ0) is 23.4. The number of piperazine rings is 1. The van der Waals surface area contributed by atoms with Crippen molar-refractivity contribution >= 4 is 23.4 Å². The molecule has 172 valence electrons. The predicted octanol–water partition coefficient (Wildman–Crippen LogP) is 0.835. The van der Waals surface area contributed by atoms with Crippen molar-refractivity contribution in [1.82, 2.24) is 15.1 Å². The number of benzene rings is 2. The van der Waals surface area contributed by atoms with Crippen LogP contribution in [-0.4, -0.2) is 77.9 Å². The van der Waals surface area contributed by atoms with Crippen LogP contribution < -0.4 is 14.8 Å². The van der Waals surface area contributed by atoms with Gasteiger partial charge in [0.25, 0.3) is 17.5 Å². The van der Waals surface area contributed by atoms with E-state index in [0.717, 1.165) is 6.07 Å². The first-order chi connectivity index (χ1) is 15.9. The van der Waals surface area contributed by atoms with E-state index in [2.05, 4.69) is 5.32 Å². The number of hydrogen-bond acceptors (Lipinski definition) is 7. The summed E-state index contributed by atoms with van der Waals surface area (Å²) in [5, 5.41) is 13.3. The van der Waals surface area contributed by atoms with E-state index in [1.165, 1.54) is 18.2 Å². The third-order valence-corrected chi connectivity index (χ3v) is 5.45. The van der Waals surface area contributed by atoms with Gasteiger partial charge in [-0.3, -0.25) is 24.5 Å². The number of nitrogens with zero attached hydrogens (tertiary/aromatic N) is 3. The van der Waals surface area contributed by atoms with Crippen LogP contribution in [0.3, 0.4) is 0 Å². The van der Waals surface area contributed by atoms with Crippen molar-refractivity contribution in [2.75, 3.05) is 39.3 Å². The third-order valence-electron chi connectivity index (χ3n) is 5.45. The Bertz CT molecular complexity index is 1080. The molecule has 0 radical (unpaired) electrons. The van der Waals surface area contributed by atoms with E-state index in [1.807, 2.05) is 6.07 Å². The fourth-order valence-corrected chi connectivity index (χ4v) is 3.65. The summed E-state index contributed by atoms with van der Waals surface area (Å²) in [6.45, 7) is 1.20. The van der Waals surface area contributed by atoms with Gasteiger partial charge < -0.3 is 24.6 Å². The number of para-hydroxylation sites is 2. The van der Waals surface area contributed by atoms with E-state index in [-0.39, 0.29) is 36.2 Å². The van der Waals surface area contributed by atoms with E-state index in [0.29, 0.717) is 37.7 Å². The summed E-state index contributed by atoms with van der Waals surface area (Å²) < 4.78 is 11.4. The monoisotopic (exact) mass is 454 g/mol. The number of carbonyl (C=O) groups excluding carboxylic acids is 3. The summed E-state index contributed by atoms with van der Waals surface area (Å²) in [6.07, 6.45) is -0.739. The van der Waals surface area contributed by atoms with Gasteiger partial charge in [0.15, 0.2) is 11.5 Å². The first-order valence-electron chi connectivity index (χ1n) is 10.4. The Kier molecular flexibility index (Phi) is 6.38. The van der Waals surface area contributed by atoms with E-state index < -0.39 is 16.9 Å². The molecule has 1 saturated heterocycles. The van der Waals surface area contributed by atoms with Crippen molar-refractivity contribution in [2.24, 2.45) is 0 Å². The molecule has 2 aromatic rings. The Morgan fingerprint density at radius 2 is 1.70 bits per heavy atom. The maximum atomic E-state index is 12.8. The van der Waals surface area contributed by atoms with Crippen molar-refractivity contribution in [3.05, 3.63) is 64.2 Å². The smallest absolute Gasteiger partial charge is 0.270 e. The van der Waals surface area contributed by atoms with Gasteiger partial charge in [-0.15, -0.1) is 0 Å². The van der Waals surface area contributed by atoms with Crippen LogP contribution in [0, 0.1) is 10.1 Å². The number of nitro groups is 1. The van der Waals surface area contributed by atoms with Crippen LogP contribution in [0.4, 0.5) is 5.69 Å². The lowest BCUT2D eigenvalue weighted by molar-refractivity contribution is -0.384. The van der Waals surface area contributed by atoms with Gasteiger partial charge in [-0.2, -0.15) is 0 Å². The summed E-state index contributed by atoms with van der Waals surface area (Å²) in [4.78, 5) is 51.0. The van der Waals surface area contributed by atoms with Crippen LogP contribution in [0.1, 0.15) is 10.4 Å². The zero-order valence-electron chi connectivity index (χ0n) is 17.6. The fraction of sp³-hybridized carbons (Fsp3) is 0.318. The number of carbonyl (C=O) groups is 3. The second-order valence-electron chi connectivity index (χ2n) is 7.56. The lowest BCUT2D eigenvalue weighted by Crippen LogP contribution is -2.56. The van der Waals surface area contributed by atoms with Gasteiger partial charge in [-0.25, -0.2) is 0 Å². The quantitative estimate of drug-likeness (QED) is 0.523. The van der Waals surface area contributed by atoms with Gasteiger partial charge in [0.2, 0.25) is 12.0 Å². The third kappa shape index (κ3) is 5.03. The highest BCUT2D eigenvalue weighted by molar-refractivity contribution is 5.97. The Morgan fingerprint density at radius 3 is 2.42 bits per heavy atom. The number of nitrogens with one attached hydrogen (secondary N) is 1. The normalized spacial score (nSPS) is 17.3. The molecule has 11 nitrogen and oxygen atoms in total. The number of fused-ring (bicyclic) bond motifs is 1. The van der Waals surface area contributed by atoms with Crippen LogP contribution in [0.5, 0.6) is 11.5 Å². The van der Waals surface area contributed by atoms with Gasteiger partial charge in [0.05, 0.1) is 11.5 Å². The van der Waals surface area contributed by atoms with E-state index in [9.17, 15) is 24.5 Å². The van der Waals surface area contributed by atoms with Crippen molar-refractivity contribution < 1.29 is 28.8 Å². The molecule has 2 heterocycles. The molecule has 0 aromatic heterocycles. The number of non-ortho nitro benzene ring substituents is 1. The van der Waals surface area contributed by atoms with Crippen LogP contribution in [-0.2, 0) is 9.59 Å². The summed E-state index contributed by atoms with van der Waals surface area (Å²) in [6, 6.07) is 12.4. The molecule has 0 aliphatic carbocycles. The lowest BCUT2D eigenvalue weighted by Gasteiger charge is -2.37. The van der Waals surface area contributed by atoms with Crippen molar-refractivity contribution in [3.63, 3.8) is 0 Å². The fourth-order valence-electron chi connectivity index (χ4n) is 3.65. The number of ether oxygens (including phenoxy) is 2. The van der Waals surface area contributed by atoms with Crippen LogP contribution in [0.25, 0.3) is 0 Å². The molecule has 4 rings (SSSR count). The topological polar surface area (TPSA) is 131 Å². The highest BCUT2D eigenvalue weighted by atomic mass is 16.6. The summed E-state index contributed by atoms with van der Waals surface area (Å²) >= 11 is 0. The molecule has 3 amide bonds. The zero-order valence-corrected chi connectivity index (χ0v) is 17.6. The molecule has 2 aromatic carbocycles. The molecule has 2 aliphatic rings. The number of hydrogen-bond donors (Lipinski definition) is 1. The molecule has 1 unspecified atom stereocenters. The number of nitro benzene ring substituents is 1. The second-order valence-corrected chi connectivity index (χ2v) is 7.56. The second kappa shape index (κ2) is 9.55. The lowest BCUT2D eigenvalue weighted by atomic mass is 10.2. The molecule has 1 fully saturated rings. The van der Waals surface area contributed by atoms with Gasteiger partial charge in [0.1, 0.15) is 6.61 Å². The van der Waals surface area contributed by atoms with Crippen molar-refractivity contribution in [3.8, 4) is 11.5 Å². The number of rotatable bonds is 5. The molecule has 0 saturated carbocycles. The Labute approximate surface area is 189 Å². The largest absolute Gasteiger partial charge is 0.485 e. The highest BCUT2D eigenvalue weighted by Gasteiger charge is 2.33. The van der Waals surface area contributed by atoms with Crippen molar-refractivity contribution in [1.29, 1.82) is 0 Å². The minimum Gasteiger partial charge on any atom is -0.485 e. The van der Waals surface area contributed by atoms with E-state index >= 15 is 0 Å². The Morgan fingerprint density at radius 1 is 1.00 bits per heavy atom. The van der Waals surface area contributed by atoms with Gasteiger partial charge in [-0.1, -0.05) is 18.2 Å². The maximum absolute atomic E-state index is 12.8. The molecule has 11 heteroatoms. The summed E-state index contributed by atoms with van der Waals surface area (Å²) in [5.41, 5.74) is -0.103. The molecule has 33 heavy (non-hydrogen) atoms. The minimum absolute atomic E-state index is 0.101. The Hall–Kier alpha value is -4.15. The van der Waals surface area contributed by atoms with Crippen LogP contribution >= 0.6 is 0 Å². The summed E-state index contributed by atoms with van der Waals surface area (Å²) in [5.74, 6) is 0.0535. The molecular formula is C22H22N4O7. The molecule has 1 N–H and O–H groups in total. The molecule has 2 aliphatic heterocycles. The molecule has 0 spiro atoms. The SMILES string of the molecule is O=C(NCC(=O)N1CCN(C(=O)C2COc3ccccc3O2)CC1)c1cccc([N+](=O)[O-])c1. The predicted molar refractivity (Wildman–Crippen MR) is 115 cm³/mol. The Balaban J connectivity index is 1.24. The molecule has 0 bridgehead atoms. The first-order valence-corrected chi connectivity index (χ1v) is 10.4. The van der Waals surface area contributed by atoms with Gasteiger partial charge >= 0.3 is 0 Å². The summed E-state index contributed by atoms with van der Waals surface area (Å²) in [7, 11) is 0. The molecule has 1 atom stereocenters. The highest BCUT2D eigenvalue weighted by Crippen LogP contribution is 2.31. The minimum atomic E-state index is -0.739. The maximum Gasteiger partial charge on any atom is 0.270 e. The average molecular weight is 454 g/mol.